The van der Waals surface area contributed by atoms with Crippen LogP contribution in [0.3, 0.4) is 0 Å². The zero-order valence-electron chi connectivity index (χ0n) is 11.8. The average molecular weight is 329 g/mol. The molecule has 1 aromatic carbocycles. The molecule has 0 spiro atoms. The molecule has 8 heteroatoms. The number of alkyl halides is 3. The minimum atomic E-state index is -4.37. The second-order valence-corrected chi connectivity index (χ2v) is 6.38. The molecule has 3 rings (SSSR count). The van der Waals surface area contributed by atoms with Crippen LogP contribution >= 0.6 is 11.3 Å². The van der Waals surface area contributed by atoms with Gasteiger partial charge in [-0.05, 0) is 24.6 Å². The minimum Gasteiger partial charge on any atom is -0.358 e. The summed E-state index contributed by atoms with van der Waals surface area (Å²) in [5.74, 6) is 0.0595. The first-order chi connectivity index (χ1) is 10.3. The number of rotatable bonds is 2. The first-order valence-corrected chi connectivity index (χ1v) is 7.63. The Morgan fingerprint density at radius 1 is 1.41 bits per heavy atom. The van der Waals surface area contributed by atoms with Crippen LogP contribution in [0.4, 0.5) is 18.3 Å². The zero-order valence-corrected chi connectivity index (χ0v) is 12.6. The minimum absolute atomic E-state index is 0.0219. The number of nitrogens with one attached hydrogen (secondary N) is 1. The number of aromatic nitrogens is 1. The third kappa shape index (κ3) is 3.01. The fourth-order valence-electron chi connectivity index (χ4n) is 2.41. The van der Waals surface area contributed by atoms with Crippen LogP contribution < -0.4 is 5.32 Å². The van der Waals surface area contributed by atoms with Crippen molar-refractivity contribution < 1.29 is 18.0 Å². The molecule has 22 heavy (non-hydrogen) atoms. The number of hydrogen-bond donors (Lipinski definition) is 1. The van der Waals surface area contributed by atoms with E-state index in [1.54, 1.807) is 11.9 Å². The van der Waals surface area contributed by atoms with Crippen LogP contribution in [0.1, 0.15) is 18.4 Å². The monoisotopic (exact) mass is 329 g/mol. The molecular formula is C14H14F3N3OS. The fourth-order valence-corrected chi connectivity index (χ4v) is 3.33. The Morgan fingerprint density at radius 2 is 2.18 bits per heavy atom. The van der Waals surface area contributed by atoms with Gasteiger partial charge in [0.05, 0.1) is 15.8 Å². The van der Waals surface area contributed by atoms with E-state index in [1.165, 1.54) is 17.4 Å². The van der Waals surface area contributed by atoms with E-state index in [0.717, 1.165) is 18.6 Å². The molecule has 0 bridgehead atoms. The van der Waals surface area contributed by atoms with Crippen LogP contribution in [-0.4, -0.2) is 35.4 Å². The molecule has 0 radical (unpaired) electrons. The summed E-state index contributed by atoms with van der Waals surface area (Å²) >= 11 is 1.30. The van der Waals surface area contributed by atoms with Gasteiger partial charge in [0.15, 0.2) is 5.13 Å². The quantitative estimate of drug-likeness (QED) is 0.919. The molecule has 1 aromatic heterocycles. The lowest BCUT2D eigenvalue weighted by Crippen LogP contribution is -2.40. The third-order valence-electron chi connectivity index (χ3n) is 3.70. The van der Waals surface area contributed by atoms with E-state index in [0.29, 0.717) is 28.3 Å². The van der Waals surface area contributed by atoms with Crippen LogP contribution in [0.15, 0.2) is 18.2 Å². The highest BCUT2D eigenvalue weighted by Crippen LogP contribution is 2.34. The van der Waals surface area contributed by atoms with Crippen molar-refractivity contribution in [3.63, 3.8) is 0 Å². The summed E-state index contributed by atoms with van der Waals surface area (Å²) < 4.78 is 38.8. The smallest absolute Gasteiger partial charge is 0.358 e. The standard InChI is InChI=1S/C14H14F3N3OS/c1-20-5-4-9(7-12(20)21)18-13-19-10-6-8(14(15,16)17)2-3-11(10)22-13/h2-3,6,9H,4-5,7H2,1H3,(H,18,19). The highest BCUT2D eigenvalue weighted by molar-refractivity contribution is 7.22. The molecule has 1 amide bonds. The molecule has 2 heterocycles. The largest absolute Gasteiger partial charge is 0.416 e. The second-order valence-electron chi connectivity index (χ2n) is 5.35. The number of piperidine rings is 1. The number of anilines is 1. The van der Waals surface area contributed by atoms with Crippen molar-refractivity contribution >= 4 is 32.6 Å². The molecule has 1 saturated heterocycles. The maximum atomic E-state index is 12.7. The Labute approximate surface area is 128 Å². The molecular weight excluding hydrogens is 315 g/mol. The Balaban J connectivity index is 1.79. The lowest BCUT2D eigenvalue weighted by atomic mass is 10.1. The van der Waals surface area contributed by atoms with Crippen molar-refractivity contribution in [3.8, 4) is 0 Å². The van der Waals surface area contributed by atoms with Crippen molar-refractivity contribution in [1.82, 2.24) is 9.88 Å². The first kappa shape index (κ1) is 15.1. The van der Waals surface area contributed by atoms with Crippen molar-refractivity contribution in [2.24, 2.45) is 0 Å². The molecule has 4 nitrogen and oxygen atoms in total. The van der Waals surface area contributed by atoms with Gasteiger partial charge >= 0.3 is 6.18 Å². The maximum Gasteiger partial charge on any atom is 0.416 e. The summed E-state index contributed by atoms with van der Waals surface area (Å²) in [6.07, 6.45) is -3.20. The van der Waals surface area contributed by atoms with Gasteiger partial charge < -0.3 is 10.2 Å². The highest BCUT2D eigenvalue weighted by Gasteiger charge is 2.31. The average Bonchev–Trinajstić information content (AvgIpc) is 2.83. The van der Waals surface area contributed by atoms with Crippen LogP contribution in [0, 0.1) is 0 Å². The van der Waals surface area contributed by atoms with Crippen molar-refractivity contribution in [2.75, 3.05) is 18.9 Å². The highest BCUT2D eigenvalue weighted by atomic mass is 32.1. The van der Waals surface area contributed by atoms with Gasteiger partial charge in [-0.25, -0.2) is 4.98 Å². The van der Waals surface area contributed by atoms with Gasteiger partial charge in [0, 0.05) is 26.1 Å². The molecule has 1 N–H and O–H groups in total. The van der Waals surface area contributed by atoms with Gasteiger partial charge in [0.1, 0.15) is 0 Å². The molecule has 2 aromatic rings. The van der Waals surface area contributed by atoms with E-state index >= 15 is 0 Å². The molecule has 0 aliphatic carbocycles. The van der Waals surface area contributed by atoms with Crippen LogP contribution in [0.2, 0.25) is 0 Å². The van der Waals surface area contributed by atoms with Crippen molar-refractivity contribution in [2.45, 2.75) is 25.1 Å². The number of benzene rings is 1. The summed E-state index contributed by atoms with van der Waals surface area (Å²) in [6.45, 7) is 0.666. The molecule has 0 saturated carbocycles. The van der Waals surface area contributed by atoms with Gasteiger partial charge in [-0.1, -0.05) is 11.3 Å². The van der Waals surface area contributed by atoms with E-state index in [4.69, 9.17) is 0 Å². The van der Waals surface area contributed by atoms with Crippen LogP contribution in [-0.2, 0) is 11.0 Å². The lowest BCUT2D eigenvalue weighted by Gasteiger charge is -2.29. The van der Waals surface area contributed by atoms with Crippen molar-refractivity contribution in [3.05, 3.63) is 23.8 Å². The molecule has 1 unspecified atom stereocenters. The number of amides is 1. The molecule has 118 valence electrons. The number of fused-ring (bicyclic) bond motifs is 1. The predicted molar refractivity (Wildman–Crippen MR) is 78.9 cm³/mol. The number of carbonyl (C=O) groups excluding carboxylic acids is 1. The Kier molecular flexibility index (Phi) is 3.72. The maximum absolute atomic E-state index is 12.7. The van der Waals surface area contributed by atoms with Gasteiger partial charge in [-0.3, -0.25) is 4.79 Å². The predicted octanol–water partition coefficient (Wildman–Crippen LogP) is 3.35. The number of hydrogen-bond acceptors (Lipinski definition) is 4. The summed E-state index contributed by atoms with van der Waals surface area (Å²) in [6, 6.07) is 3.52. The first-order valence-electron chi connectivity index (χ1n) is 6.81. The van der Waals surface area contributed by atoms with Gasteiger partial charge in [0.25, 0.3) is 0 Å². The number of halogens is 3. The normalized spacial score (nSPS) is 19.7. The van der Waals surface area contributed by atoms with E-state index < -0.39 is 11.7 Å². The van der Waals surface area contributed by atoms with E-state index in [-0.39, 0.29) is 11.9 Å². The van der Waals surface area contributed by atoms with E-state index in [1.807, 2.05) is 0 Å². The van der Waals surface area contributed by atoms with E-state index in [2.05, 4.69) is 10.3 Å². The molecule has 1 aliphatic rings. The van der Waals surface area contributed by atoms with Crippen LogP contribution in [0.25, 0.3) is 10.2 Å². The Hall–Kier alpha value is -1.83. The lowest BCUT2D eigenvalue weighted by molar-refractivity contribution is -0.137. The number of thiazole rings is 1. The Bertz CT molecular complexity index is 713. The Morgan fingerprint density at radius 3 is 2.86 bits per heavy atom. The summed E-state index contributed by atoms with van der Waals surface area (Å²) in [7, 11) is 1.76. The summed E-state index contributed by atoms with van der Waals surface area (Å²) in [4.78, 5) is 17.5. The molecule has 1 atom stereocenters. The summed E-state index contributed by atoms with van der Waals surface area (Å²) in [5, 5.41) is 3.71. The zero-order chi connectivity index (χ0) is 15.9. The number of likely N-dealkylation sites (tertiary alicyclic amines) is 1. The fraction of sp³-hybridized carbons (Fsp3) is 0.429. The number of nitrogens with zero attached hydrogens (tertiary/aromatic N) is 2. The second kappa shape index (κ2) is 5.42. The topological polar surface area (TPSA) is 45.2 Å². The number of carbonyl (C=O) groups is 1. The van der Waals surface area contributed by atoms with Gasteiger partial charge in [-0.15, -0.1) is 0 Å². The molecule has 1 fully saturated rings. The van der Waals surface area contributed by atoms with Gasteiger partial charge in [0.2, 0.25) is 5.91 Å². The van der Waals surface area contributed by atoms with Crippen molar-refractivity contribution in [1.29, 1.82) is 0 Å². The summed E-state index contributed by atoms with van der Waals surface area (Å²) in [5.41, 5.74) is -0.382. The third-order valence-corrected chi connectivity index (χ3v) is 4.67. The van der Waals surface area contributed by atoms with Gasteiger partial charge in [-0.2, -0.15) is 13.2 Å². The van der Waals surface area contributed by atoms with Crippen LogP contribution in [0.5, 0.6) is 0 Å². The van der Waals surface area contributed by atoms with E-state index in [9.17, 15) is 18.0 Å². The SMILES string of the molecule is CN1CCC(Nc2nc3cc(C(F)(F)F)ccc3s2)CC1=O. The molecule has 1 aliphatic heterocycles.